The monoisotopic (exact) mass is 422 g/mol. The molecule has 2 aromatic rings. The van der Waals surface area contributed by atoms with Gasteiger partial charge in [0, 0.05) is 0 Å². The Kier molecular flexibility index (Phi) is 6.18. The summed E-state index contributed by atoms with van der Waals surface area (Å²) < 4.78 is 22.1. The maximum atomic E-state index is 12.6. The molecular formula is C20H23BrO5. The lowest BCUT2D eigenvalue weighted by Crippen LogP contribution is -2.12. The second-order valence-corrected chi connectivity index (χ2v) is 7.55. The topological polar surface area (TPSA) is 54.0 Å². The van der Waals surface area contributed by atoms with Crippen molar-refractivity contribution < 1.29 is 23.7 Å². The number of benzene rings is 2. The van der Waals surface area contributed by atoms with Crippen LogP contribution in [-0.4, -0.2) is 27.3 Å². The van der Waals surface area contributed by atoms with E-state index in [0.717, 1.165) is 5.56 Å². The van der Waals surface area contributed by atoms with Crippen LogP contribution >= 0.6 is 15.9 Å². The molecule has 0 saturated carbocycles. The van der Waals surface area contributed by atoms with Crippen LogP contribution in [0.15, 0.2) is 34.8 Å². The Morgan fingerprint density at radius 3 is 1.88 bits per heavy atom. The van der Waals surface area contributed by atoms with E-state index in [1.54, 1.807) is 18.2 Å². The zero-order valence-corrected chi connectivity index (χ0v) is 17.4. The first-order valence-corrected chi connectivity index (χ1v) is 8.82. The van der Waals surface area contributed by atoms with Crippen LogP contribution in [0.4, 0.5) is 0 Å². The fourth-order valence-electron chi connectivity index (χ4n) is 2.41. The minimum Gasteiger partial charge on any atom is -0.493 e. The molecule has 0 N–H and O–H groups in total. The second kappa shape index (κ2) is 7.99. The van der Waals surface area contributed by atoms with Crippen molar-refractivity contribution in [1.29, 1.82) is 0 Å². The predicted molar refractivity (Wildman–Crippen MR) is 104 cm³/mol. The van der Waals surface area contributed by atoms with E-state index in [2.05, 4.69) is 36.7 Å². The van der Waals surface area contributed by atoms with Gasteiger partial charge >= 0.3 is 5.97 Å². The van der Waals surface area contributed by atoms with Crippen molar-refractivity contribution in [2.45, 2.75) is 26.2 Å². The van der Waals surface area contributed by atoms with Gasteiger partial charge in [0.2, 0.25) is 5.75 Å². The van der Waals surface area contributed by atoms with Crippen molar-refractivity contribution in [1.82, 2.24) is 0 Å². The largest absolute Gasteiger partial charge is 0.493 e. The molecule has 0 aromatic heterocycles. The minimum absolute atomic E-state index is 0.00176. The quantitative estimate of drug-likeness (QED) is 0.501. The van der Waals surface area contributed by atoms with Crippen LogP contribution in [0, 0.1) is 0 Å². The van der Waals surface area contributed by atoms with E-state index in [9.17, 15) is 4.79 Å². The number of halogens is 1. The van der Waals surface area contributed by atoms with Crippen LogP contribution in [0.3, 0.4) is 0 Å². The standard InChI is InChI=1S/C20H23BrO5/c1-20(2,3)13-7-8-15(14(21)11-13)26-19(22)12-9-16(23-4)18(25-6)17(10-12)24-5/h7-11H,1-6H3. The number of ether oxygens (including phenoxy) is 4. The molecule has 0 aliphatic carbocycles. The molecule has 6 heteroatoms. The Morgan fingerprint density at radius 2 is 1.46 bits per heavy atom. The molecule has 0 atom stereocenters. The van der Waals surface area contributed by atoms with Gasteiger partial charge in [-0.1, -0.05) is 26.8 Å². The first-order valence-electron chi connectivity index (χ1n) is 8.03. The van der Waals surface area contributed by atoms with Crippen LogP contribution in [0.5, 0.6) is 23.0 Å². The van der Waals surface area contributed by atoms with Gasteiger partial charge in [-0.2, -0.15) is 0 Å². The van der Waals surface area contributed by atoms with Crippen LogP contribution in [0.2, 0.25) is 0 Å². The van der Waals surface area contributed by atoms with Crippen LogP contribution < -0.4 is 18.9 Å². The molecule has 2 rings (SSSR count). The molecule has 26 heavy (non-hydrogen) atoms. The summed E-state index contributed by atoms with van der Waals surface area (Å²) in [6.45, 7) is 6.36. The van der Waals surface area contributed by atoms with Gasteiger partial charge in [-0.05, 0) is 51.2 Å². The van der Waals surface area contributed by atoms with E-state index in [4.69, 9.17) is 18.9 Å². The number of hydrogen-bond donors (Lipinski definition) is 0. The lowest BCUT2D eigenvalue weighted by atomic mass is 9.87. The summed E-state index contributed by atoms with van der Waals surface area (Å²) in [5.74, 6) is 1.12. The molecule has 0 heterocycles. The molecule has 140 valence electrons. The van der Waals surface area contributed by atoms with Gasteiger partial charge < -0.3 is 18.9 Å². The molecule has 0 spiro atoms. The average Bonchev–Trinajstić information content (AvgIpc) is 2.60. The zero-order valence-electron chi connectivity index (χ0n) is 15.8. The highest BCUT2D eigenvalue weighted by Crippen LogP contribution is 2.39. The molecule has 0 radical (unpaired) electrons. The summed E-state index contributed by atoms with van der Waals surface area (Å²) in [6, 6.07) is 8.79. The van der Waals surface area contributed by atoms with Crippen LogP contribution in [0.25, 0.3) is 0 Å². The highest BCUT2D eigenvalue weighted by Gasteiger charge is 2.20. The number of carbonyl (C=O) groups is 1. The van der Waals surface area contributed by atoms with Crippen molar-refractivity contribution in [3.63, 3.8) is 0 Å². The lowest BCUT2D eigenvalue weighted by Gasteiger charge is -2.20. The normalized spacial score (nSPS) is 11.0. The maximum absolute atomic E-state index is 12.6. The Hall–Kier alpha value is -2.21. The molecule has 2 aromatic carbocycles. The van der Waals surface area contributed by atoms with Crippen molar-refractivity contribution in [2.24, 2.45) is 0 Å². The molecule has 0 aliphatic rings. The maximum Gasteiger partial charge on any atom is 0.343 e. The molecule has 0 amide bonds. The van der Waals surface area contributed by atoms with E-state index in [-0.39, 0.29) is 5.41 Å². The molecule has 0 fully saturated rings. The lowest BCUT2D eigenvalue weighted by molar-refractivity contribution is 0.0732. The molecule has 0 bridgehead atoms. The smallest absolute Gasteiger partial charge is 0.343 e. The van der Waals surface area contributed by atoms with Gasteiger partial charge in [0.05, 0.1) is 31.4 Å². The highest BCUT2D eigenvalue weighted by atomic mass is 79.9. The van der Waals surface area contributed by atoms with E-state index < -0.39 is 5.97 Å². The fourth-order valence-corrected chi connectivity index (χ4v) is 2.87. The number of carbonyl (C=O) groups excluding carboxylic acids is 1. The van der Waals surface area contributed by atoms with Gasteiger partial charge in [-0.3, -0.25) is 0 Å². The summed E-state index contributed by atoms with van der Waals surface area (Å²) in [7, 11) is 4.49. The SMILES string of the molecule is COc1cc(C(=O)Oc2ccc(C(C)(C)C)cc2Br)cc(OC)c1OC. The van der Waals surface area contributed by atoms with E-state index >= 15 is 0 Å². The van der Waals surface area contributed by atoms with E-state index in [0.29, 0.717) is 33.0 Å². The summed E-state index contributed by atoms with van der Waals surface area (Å²) in [5, 5.41) is 0. The highest BCUT2D eigenvalue weighted by molar-refractivity contribution is 9.10. The summed E-state index contributed by atoms with van der Waals surface area (Å²) in [6.07, 6.45) is 0. The molecular weight excluding hydrogens is 400 g/mol. The van der Waals surface area contributed by atoms with Gasteiger partial charge in [0.15, 0.2) is 11.5 Å². The molecule has 0 unspecified atom stereocenters. The van der Waals surface area contributed by atoms with Crippen molar-refractivity contribution in [2.75, 3.05) is 21.3 Å². The number of methoxy groups -OCH3 is 3. The van der Waals surface area contributed by atoms with Gasteiger partial charge in [0.25, 0.3) is 0 Å². The first kappa shape index (κ1) is 20.1. The summed E-state index contributed by atoms with van der Waals surface area (Å²) in [4.78, 5) is 12.6. The Labute approximate surface area is 162 Å². The number of esters is 1. The second-order valence-electron chi connectivity index (χ2n) is 6.70. The molecule has 0 saturated heterocycles. The van der Waals surface area contributed by atoms with Crippen molar-refractivity contribution in [3.05, 3.63) is 45.9 Å². The van der Waals surface area contributed by atoms with Gasteiger partial charge in [-0.15, -0.1) is 0 Å². The molecule has 5 nitrogen and oxygen atoms in total. The number of rotatable bonds is 5. The summed E-state index contributed by atoms with van der Waals surface area (Å²) >= 11 is 3.47. The van der Waals surface area contributed by atoms with Crippen LogP contribution in [0.1, 0.15) is 36.7 Å². The van der Waals surface area contributed by atoms with E-state index in [1.807, 2.05) is 12.1 Å². The third kappa shape index (κ3) is 4.30. The minimum atomic E-state index is -0.520. The van der Waals surface area contributed by atoms with Crippen LogP contribution in [-0.2, 0) is 5.41 Å². The first-order chi connectivity index (χ1) is 12.2. The molecule has 0 aliphatic heterocycles. The van der Waals surface area contributed by atoms with Gasteiger partial charge in [0.1, 0.15) is 5.75 Å². The third-order valence-corrected chi connectivity index (χ3v) is 4.52. The predicted octanol–water partition coefficient (Wildman–Crippen LogP) is 4.99. The average molecular weight is 423 g/mol. The van der Waals surface area contributed by atoms with E-state index in [1.165, 1.54) is 21.3 Å². The fraction of sp³-hybridized carbons (Fsp3) is 0.350. The number of hydrogen-bond acceptors (Lipinski definition) is 5. The Bertz CT molecular complexity index is 783. The zero-order chi connectivity index (χ0) is 19.5. The third-order valence-electron chi connectivity index (χ3n) is 3.90. The van der Waals surface area contributed by atoms with Crippen molar-refractivity contribution >= 4 is 21.9 Å². The van der Waals surface area contributed by atoms with Gasteiger partial charge in [-0.25, -0.2) is 4.79 Å². The summed E-state index contributed by atoms with van der Waals surface area (Å²) in [5.41, 5.74) is 1.44. The van der Waals surface area contributed by atoms with Crippen molar-refractivity contribution in [3.8, 4) is 23.0 Å². The Balaban J connectivity index is 2.33. The Morgan fingerprint density at radius 1 is 0.885 bits per heavy atom.